The number of nitro groups is 1. The quantitative estimate of drug-likeness (QED) is 0.374. The summed E-state index contributed by atoms with van der Waals surface area (Å²) in [6.45, 7) is 4.88. The lowest BCUT2D eigenvalue weighted by molar-refractivity contribution is -0.384. The van der Waals surface area contributed by atoms with Crippen molar-refractivity contribution in [2.75, 3.05) is 34.8 Å². The molecule has 0 bridgehead atoms. The number of carbonyl (C=O) groups is 1. The third-order valence-electron chi connectivity index (χ3n) is 6.37. The molecule has 2 heterocycles. The van der Waals surface area contributed by atoms with Crippen LogP contribution in [0.1, 0.15) is 49.4 Å². The number of amides is 1. The Balaban J connectivity index is 1.39. The summed E-state index contributed by atoms with van der Waals surface area (Å²) in [5.41, 5.74) is 2.63. The van der Waals surface area contributed by atoms with Gasteiger partial charge in [0.1, 0.15) is 5.69 Å². The summed E-state index contributed by atoms with van der Waals surface area (Å²) < 4.78 is 0. The lowest BCUT2D eigenvalue weighted by atomic mass is 10.0. The van der Waals surface area contributed by atoms with Crippen LogP contribution >= 0.6 is 12.2 Å². The number of piperidine rings is 1. The number of nitrogens with zero attached hydrogens (tertiary/aromatic N) is 3. The summed E-state index contributed by atoms with van der Waals surface area (Å²) in [5.74, 6) is -0.484. The van der Waals surface area contributed by atoms with E-state index < -0.39 is 10.8 Å². The van der Waals surface area contributed by atoms with Crippen molar-refractivity contribution in [3.8, 4) is 0 Å². The summed E-state index contributed by atoms with van der Waals surface area (Å²) in [4.78, 5) is 28.2. The Morgan fingerprint density at radius 2 is 1.76 bits per heavy atom. The van der Waals surface area contributed by atoms with Crippen molar-refractivity contribution in [3.05, 3.63) is 58.1 Å². The maximum Gasteiger partial charge on any atom is 0.293 e. The average Bonchev–Trinajstić information content (AvgIpc) is 3.34. The predicted octanol–water partition coefficient (Wildman–Crippen LogP) is 4.70. The monoisotopic (exact) mass is 467 g/mol. The maximum absolute atomic E-state index is 12.7. The minimum Gasteiger partial charge on any atom is -0.369 e. The lowest BCUT2D eigenvalue weighted by Gasteiger charge is -2.35. The standard InChI is InChI=1S/C24H29N5O3S/c1-17-6-2-3-15-28(17)20-10-8-19(9-11-20)25-24(33)26-23(30)18-7-12-21(22(16-18)29(31)32)27-13-4-5-14-27/h7-12,16-17H,2-6,13-15H2,1H3,(H2,25,26,30,33). The van der Waals surface area contributed by atoms with Crippen molar-refractivity contribution in [1.29, 1.82) is 0 Å². The van der Waals surface area contributed by atoms with Crippen molar-refractivity contribution < 1.29 is 9.72 Å². The van der Waals surface area contributed by atoms with Crippen LogP contribution in [0.25, 0.3) is 0 Å². The van der Waals surface area contributed by atoms with Gasteiger partial charge in [0.05, 0.1) is 4.92 Å². The first-order valence-corrected chi connectivity index (χ1v) is 11.9. The van der Waals surface area contributed by atoms with Gasteiger partial charge in [0, 0.05) is 48.7 Å². The van der Waals surface area contributed by atoms with Crippen molar-refractivity contribution in [2.45, 2.75) is 45.1 Å². The third kappa shape index (κ3) is 5.42. The predicted molar refractivity (Wildman–Crippen MR) is 135 cm³/mol. The Kier molecular flexibility index (Phi) is 7.08. The highest BCUT2D eigenvalue weighted by Crippen LogP contribution is 2.31. The van der Waals surface area contributed by atoms with E-state index in [1.165, 1.54) is 31.0 Å². The molecule has 2 saturated heterocycles. The van der Waals surface area contributed by atoms with Gasteiger partial charge in [-0.25, -0.2) is 0 Å². The first-order valence-electron chi connectivity index (χ1n) is 11.4. The summed E-state index contributed by atoms with van der Waals surface area (Å²) in [7, 11) is 0. The molecule has 0 aromatic heterocycles. The highest BCUT2D eigenvalue weighted by Gasteiger charge is 2.24. The van der Waals surface area contributed by atoms with E-state index >= 15 is 0 Å². The van der Waals surface area contributed by atoms with Gasteiger partial charge in [-0.05, 0) is 87.6 Å². The van der Waals surface area contributed by atoms with E-state index in [1.54, 1.807) is 12.1 Å². The van der Waals surface area contributed by atoms with Gasteiger partial charge < -0.3 is 15.1 Å². The van der Waals surface area contributed by atoms with E-state index in [1.807, 2.05) is 17.0 Å². The molecule has 9 heteroatoms. The minimum absolute atomic E-state index is 0.0639. The van der Waals surface area contributed by atoms with Gasteiger partial charge in [0.2, 0.25) is 0 Å². The summed E-state index contributed by atoms with van der Waals surface area (Å²) in [5, 5.41) is 17.4. The van der Waals surface area contributed by atoms with E-state index in [0.717, 1.165) is 38.2 Å². The number of thiocarbonyl (C=S) groups is 1. The van der Waals surface area contributed by atoms with E-state index in [0.29, 0.717) is 11.7 Å². The fourth-order valence-electron chi connectivity index (χ4n) is 4.59. The number of nitro benzene ring substituents is 1. The molecular weight excluding hydrogens is 438 g/mol. The van der Waals surface area contributed by atoms with Crippen LogP contribution in [-0.2, 0) is 0 Å². The zero-order valence-corrected chi connectivity index (χ0v) is 19.6. The molecule has 33 heavy (non-hydrogen) atoms. The molecule has 0 saturated carbocycles. The Hall–Kier alpha value is -3.20. The molecule has 4 rings (SSSR count). The van der Waals surface area contributed by atoms with Crippen molar-refractivity contribution in [2.24, 2.45) is 0 Å². The van der Waals surface area contributed by atoms with Crippen LogP contribution in [0.5, 0.6) is 0 Å². The second-order valence-electron chi connectivity index (χ2n) is 8.65. The van der Waals surface area contributed by atoms with E-state index in [9.17, 15) is 14.9 Å². The molecular formula is C24H29N5O3S. The first-order chi connectivity index (χ1) is 15.9. The van der Waals surface area contributed by atoms with Crippen molar-refractivity contribution in [1.82, 2.24) is 5.32 Å². The van der Waals surface area contributed by atoms with Gasteiger partial charge >= 0.3 is 0 Å². The molecule has 0 spiro atoms. The molecule has 2 fully saturated rings. The SMILES string of the molecule is CC1CCCCN1c1ccc(NC(=S)NC(=O)c2ccc(N3CCCC3)c([N+](=O)[O-])c2)cc1. The Morgan fingerprint density at radius 1 is 1.06 bits per heavy atom. The molecule has 2 aliphatic heterocycles. The van der Waals surface area contributed by atoms with Gasteiger partial charge in [-0.2, -0.15) is 0 Å². The van der Waals surface area contributed by atoms with Gasteiger partial charge in [-0.3, -0.25) is 20.2 Å². The van der Waals surface area contributed by atoms with Crippen LogP contribution < -0.4 is 20.4 Å². The van der Waals surface area contributed by atoms with Crippen LogP contribution in [0.4, 0.5) is 22.7 Å². The first kappa shape index (κ1) is 23.0. The molecule has 0 aliphatic carbocycles. The number of anilines is 3. The normalized spacial score (nSPS) is 18.2. The second kappa shape index (κ2) is 10.2. The van der Waals surface area contributed by atoms with Crippen LogP contribution in [0, 0.1) is 10.1 Å². The van der Waals surface area contributed by atoms with Crippen LogP contribution in [0.15, 0.2) is 42.5 Å². The maximum atomic E-state index is 12.7. The average molecular weight is 468 g/mol. The largest absolute Gasteiger partial charge is 0.369 e. The van der Waals surface area contributed by atoms with Crippen LogP contribution in [0.3, 0.4) is 0 Å². The van der Waals surface area contributed by atoms with Crippen LogP contribution in [0.2, 0.25) is 0 Å². The number of hydrogen-bond donors (Lipinski definition) is 2. The Bertz CT molecular complexity index is 1040. The van der Waals surface area contributed by atoms with E-state index in [-0.39, 0.29) is 16.4 Å². The summed E-state index contributed by atoms with van der Waals surface area (Å²) in [6.07, 6.45) is 5.70. The molecule has 8 nitrogen and oxygen atoms in total. The number of carbonyl (C=O) groups excluding carboxylic acids is 1. The Labute approximate surface area is 199 Å². The van der Waals surface area contributed by atoms with Crippen molar-refractivity contribution in [3.63, 3.8) is 0 Å². The molecule has 2 N–H and O–H groups in total. The fourth-order valence-corrected chi connectivity index (χ4v) is 4.80. The van der Waals surface area contributed by atoms with Gasteiger partial charge in [-0.15, -0.1) is 0 Å². The molecule has 0 radical (unpaired) electrons. The summed E-state index contributed by atoms with van der Waals surface area (Å²) in [6, 6.07) is 13.1. The topological polar surface area (TPSA) is 90.8 Å². The minimum atomic E-state index is -0.484. The molecule has 1 amide bonds. The molecule has 2 aliphatic rings. The zero-order chi connectivity index (χ0) is 23.4. The third-order valence-corrected chi connectivity index (χ3v) is 6.57. The van der Waals surface area contributed by atoms with Gasteiger partial charge in [0.15, 0.2) is 5.11 Å². The second-order valence-corrected chi connectivity index (χ2v) is 9.06. The molecule has 2 aromatic rings. The van der Waals surface area contributed by atoms with Gasteiger partial charge in [-0.1, -0.05) is 0 Å². The summed E-state index contributed by atoms with van der Waals surface area (Å²) >= 11 is 5.29. The number of rotatable bonds is 5. The van der Waals surface area contributed by atoms with Crippen molar-refractivity contribution >= 4 is 46.0 Å². The van der Waals surface area contributed by atoms with Gasteiger partial charge in [0.25, 0.3) is 11.6 Å². The Morgan fingerprint density at radius 3 is 2.42 bits per heavy atom. The number of nitrogens with one attached hydrogen (secondary N) is 2. The molecule has 1 atom stereocenters. The van der Waals surface area contributed by atoms with E-state index in [4.69, 9.17) is 12.2 Å². The number of hydrogen-bond acceptors (Lipinski definition) is 6. The smallest absolute Gasteiger partial charge is 0.293 e. The number of benzene rings is 2. The highest BCUT2D eigenvalue weighted by atomic mass is 32.1. The molecule has 174 valence electrons. The zero-order valence-electron chi connectivity index (χ0n) is 18.8. The fraction of sp³-hybridized carbons (Fsp3) is 0.417. The van der Waals surface area contributed by atoms with Crippen LogP contribution in [-0.4, -0.2) is 41.6 Å². The van der Waals surface area contributed by atoms with E-state index in [2.05, 4.69) is 34.6 Å². The highest BCUT2D eigenvalue weighted by molar-refractivity contribution is 7.80. The molecule has 1 unspecified atom stereocenters. The lowest BCUT2D eigenvalue weighted by Crippen LogP contribution is -2.37. The molecule has 2 aromatic carbocycles.